The Labute approximate surface area is 120 Å². The molecule has 1 aliphatic rings. The number of carbonyl (C=O) groups is 2. The van der Waals surface area contributed by atoms with Gasteiger partial charge < -0.3 is 9.84 Å². The van der Waals surface area contributed by atoms with Crippen molar-refractivity contribution < 1.29 is 28.2 Å². The van der Waals surface area contributed by atoms with Crippen molar-refractivity contribution in [2.75, 3.05) is 6.54 Å². The third-order valence-electron chi connectivity index (χ3n) is 3.23. The number of aliphatic carboxylic acids is 1. The SMILES string of the molecule is O=C(O)CC1CC(F)(F)CN1C(=O)OCc1ccccc1. The van der Waals surface area contributed by atoms with Crippen LogP contribution in [0.4, 0.5) is 13.6 Å². The van der Waals surface area contributed by atoms with Gasteiger partial charge in [-0.15, -0.1) is 0 Å². The summed E-state index contributed by atoms with van der Waals surface area (Å²) >= 11 is 0. The lowest BCUT2D eigenvalue weighted by Crippen LogP contribution is -2.38. The number of ether oxygens (including phenoxy) is 1. The van der Waals surface area contributed by atoms with Gasteiger partial charge in [-0.05, 0) is 5.56 Å². The lowest BCUT2D eigenvalue weighted by atomic mass is 10.1. The molecule has 1 aromatic carbocycles. The van der Waals surface area contributed by atoms with Gasteiger partial charge in [0.1, 0.15) is 6.61 Å². The zero-order valence-electron chi connectivity index (χ0n) is 11.2. The van der Waals surface area contributed by atoms with Gasteiger partial charge in [0.15, 0.2) is 0 Å². The van der Waals surface area contributed by atoms with E-state index >= 15 is 0 Å². The molecule has 0 aliphatic carbocycles. The smallest absolute Gasteiger partial charge is 0.410 e. The summed E-state index contributed by atoms with van der Waals surface area (Å²) in [4.78, 5) is 23.4. The fourth-order valence-electron chi connectivity index (χ4n) is 2.30. The summed E-state index contributed by atoms with van der Waals surface area (Å²) < 4.78 is 31.7. The summed E-state index contributed by atoms with van der Waals surface area (Å²) in [7, 11) is 0. The maximum absolute atomic E-state index is 13.4. The van der Waals surface area contributed by atoms with E-state index in [-0.39, 0.29) is 6.61 Å². The number of carboxylic acid groups (broad SMARTS) is 1. The molecule has 1 aliphatic heterocycles. The van der Waals surface area contributed by atoms with Crippen molar-refractivity contribution in [3.05, 3.63) is 35.9 Å². The van der Waals surface area contributed by atoms with Crippen molar-refractivity contribution in [3.8, 4) is 0 Å². The van der Waals surface area contributed by atoms with E-state index in [4.69, 9.17) is 9.84 Å². The molecule has 0 saturated carbocycles. The van der Waals surface area contributed by atoms with Gasteiger partial charge in [-0.1, -0.05) is 30.3 Å². The highest BCUT2D eigenvalue weighted by Crippen LogP contribution is 2.34. The van der Waals surface area contributed by atoms with Gasteiger partial charge in [0, 0.05) is 6.42 Å². The second-order valence-electron chi connectivity index (χ2n) is 4.98. The van der Waals surface area contributed by atoms with Crippen LogP contribution < -0.4 is 0 Å². The van der Waals surface area contributed by atoms with Gasteiger partial charge in [0.2, 0.25) is 0 Å². The van der Waals surface area contributed by atoms with Gasteiger partial charge in [-0.25, -0.2) is 13.6 Å². The predicted octanol–water partition coefficient (Wildman–Crippen LogP) is 2.51. The minimum absolute atomic E-state index is 0.0401. The van der Waals surface area contributed by atoms with Crippen LogP contribution in [0.1, 0.15) is 18.4 Å². The van der Waals surface area contributed by atoms with E-state index < -0.39 is 43.4 Å². The van der Waals surface area contributed by atoms with Crippen LogP contribution in [0.15, 0.2) is 30.3 Å². The highest BCUT2D eigenvalue weighted by Gasteiger charge is 2.48. The van der Waals surface area contributed by atoms with E-state index in [0.717, 1.165) is 10.5 Å². The molecular formula is C14H15F2NO4. The van der Waals surface area contributed by atoms with Crippen molar-refractivity contribution in [2.45, 2.75) is 31.4 Å². The third-order valence-corrected chi connectivity index (χ3v) is 3.23. The number of amides is 1. The van der Waals surface area contributed by atoms with Crippen LogP contribution in [0, 0.1) is 0 Å². The van der Waals surface area contributed by atoms with Gasteiger partial charge >= 0.3 is 12.1 Å². The number of nitrogens with zero attached hydrogens (tertiary/aromatic N) is 1. The maximum Gasteiger partial charge on any atom is 0.410 e. The van der Waals surface area contributed by atoms with Crippen molar-refractivity contribution in [2.24, 2.45) is 0 Å². The fourth-order valence-corrected chi connectivity index (χ4v) is 2.30. The van der Waals surface area contributed by atoms with Crippen LogP contribution in [0.5, 0.6) is 0 Å². The second kappa shape index (κ2) is 6.07. The first-order valence-corrected chi connectivity index (χ1v) is 6.44. The average Bonchev–Trinajstić information content (AvgIpc) is 2.71. The van der Waals surface area contributed by atoms with Crippen LogP contribution >= 0.6 is 0 Å². The average molecular weight is 299 g/mol. The molecule has 2 rings (SSSR count). The van der Waals surface area contributed by atoms with Gasteiger partial charge in [-0.2, -0.15) is 0 Å². The van der Waals surface area contributed by atoms with Crippen molar-refractivity contribution >= 4 is 12.1 Å². The number of hydrogen-bond acceptors (Lipinski definition) is 3. The number of carbonyl (C=O) groups excluding carboxylic acids is 1. The van der Waals surface area contributed by atoms with Crippen LogP contribution in [-0.4, -0.2) is 40.6 Å². The Kier molecular flexibility index (Phi) is 4.40. The first-order valence-electron chi connectivity index (χ1n) is 6.44. The molecule has 1 aromatic rings. The molecule has 0 radical (unpaired) electrons. The number of likely N-dealkylation sites (tertiary alicyclic amines) is 1. The number of carboxylic acids is 1. The molecule has 1 fully saturated rings. The molecule has 114 valence electrons. The van der Waals surface area contributed by atoms with E-state index in [0.29, 0.717) is 0 Å². The molecule has 1 heterocycles. The highest BCUT2D eigenvalue weighted by molar-refractivity contribution is 5.72. The summed E-state index contributed by atoms with van der Waals surface area (Å²) in [5.74, 6) is -4.30. The highest BCUT2D eigenvalue weighted by atomic mass is 19.3. The molecule has 21 heavy (non-hydrogen) atoms. The molecular weight excluding hydrogens is 284 g/mol. The Hall–Kier alpha value is -2.18. The molecule has 0 aromatic heterocycles. The lowest BCUT2D eigenvalue weighted by Gasteiger charge is -2.22. The summed E-state index contributed by atoms with van der Waals surface area (Å²) in [6.45, 7) is -0.847. The number of hydrogen-bond donors (Lipinski definition) is 1. The number of rotatable bonds is 4. The molecule has 5 nitrogen and oxygen atoms in total. The predicted molar refractivity (Wildman–Crippen MR) is 68.9 cm³/mol. The van der Waals surface area contributed by atoms with Crippen LogP contribution in [0.3, 0.4) is 0 Å². The van der Waals surface area contributed by atoms with Crippen LogP contribution in [0.25, 0.3) is 0 Å². The minimum Gasteiger partial charge on any atom is -0.481 e. The van der Waals surface area contributed by atoms with Crippen molar-refractivity contribution in [1.29, 1.82) is 0 Å². The Bertz CT molecular complexity index is 521. The molecule has 1 N–H and O–H groups in total. The van der Waals surface area contributed by atoms with E-state index in [9.17, 15) is 18.4 Å². The Morgan fingerprint density at radius 1 is 1.33 bits per heavy atom. The zero-order valence-corrected chi connectivity index (χ0v) is 11.2. The minimum atomic E-state index is -3.08. The Morgan fingerprint density at radius 2 is 2.00 bits per heavy atom. The number of alkyl halides is 2. The lowest BCUT2D eigenvalue weighted by molar-refractivity contribution is -0.138. The maximum atomic E-state index is 13.4. The Balaban J connectivity index is 1.97. The van der Waals surface area contributed by atoms with Gasteiger partial charge in [-0.3, -0.25) is 9.69 Å². The quantitative estimate of drug-likeness (QED) is 0.927. The molecule has 1 unspecified atom stereocenters. The van der Waals surface area contributed by atoms with E-state index in [2.05, 4.69) is 0 Å². The zero-order chi connectivity index (χ0) is 15.5. The van der Waals surface area contributed by atoms with E-state index in [1.54, 1.807) is 30.3 Å². The standard InChI is InChI=1S/C14H15F2NO4/c15-14(16)7-11(6-12(18)19)17(9-14)13(20)21-8-10-4-2-1-3-5-10/h1-5,11H,6-9H2,(H,18,19). The molecule has 7 heteroatoms. The first kappa shape index (κ1) is 15.2. The van der Waals surface area contributed by atoms with Crippen LogP contribution in [0.2, 0.25) is 0 Å². The monoisotopic (exact) mass is 299 g/mol. The van der Waals surface area contributed by atoms with Gasteiger partial charge in [0.05, 0.1) is 19.0 Å². The third kappa shape index (κ3) is 4.14. The van der Waals surface area contributed by atoms with Crippen molar-refractivity contribution in [3.63, 3.8) is 0 Å². The number of halogens is 2. The molecule has 1 atom stereocenters. The molecule has 0 bridgehead atoms. The first-order chi connectivity index (χ1) is 9.87. The van der Waals surface area contributed by atoms with Crippen molar-refractivity contribution in [1.82, 2.24) is 4.90 Å². The van der Waals surface area contributed by atoms with E-state index in [1.807, 2.05) is 0 Å². The molecule has 0 spiro atoms. The topological polar surface area (TPSA) is 66.8 Å². The van der Waals surface area contributed by atoms with Gasteiger partial charge in [0.25, 0.3) is 5.92 Å². The summed E-state index contributed by atoms with van der Waals surface area (Å²) in [6.07, 6.45) is -2.09. The summed E-state index contributed by atoms with van der Waals surface area (Å²) in [5, 5.41) is 8.73. The summed E-state index contributed by atoms with van der Waals surface area (Å²) in [6, 6.07) is 7.76. The largest absolute Gasteiger partial charge is 0.481 e. The van der Waals surface area contributed by atoms with E-state index in [1.165, 1.54) is 0 Å². The second-order valence-corrected chi connectivity index (χ2v) is 4.98. The fraction of sp³-hybridized carbons (Fsp3) is 0.429. The normalized spacial score (nSPS) is 20.3. The molecule has 1 saturated heterocycles. The number of benzene rings is 1. The summed E-state index contributed by atoms with van der Waals surface area (Å²) in [5.41, 5.74) is 0.728. The molecule has 1 amide bonds. The Morgan fingerprint density at radius 3 is 2.62 bits per heavy atom. The van der Waals surface area contributed by atoms with Crippen LogP contribution in [-0.2, 0) is 16.1 Å².